The number of rotatable bonds is 1. The zero-order valence-electron chi connectivity index (χ0n) is 8.30. The number of hydrogen-bond donors (Lipinski definition) is 2. The SMILES string of the molecule is COC(=O)c1c(N)[nH]c2c(F)cc(Br)cc12. The van der Waals surface area contributed by atoms with Crippen molar-refractivity contribution in [2.75, 3.05) is 12.8 Å². The van der Waals surface area contributed by atoms with Crippen LogP contribution in [0.5, 0.6) is 0 Å². The van der Waals surface area contributed by atoms with Gasteiger partial charge in [0.25, 0.3) is 0 Å². The summed E-state index contributed by atoms with van der Waals surface area (Å²) in [7, 11) is 1.24. The molecule has 1 aromatic carbocycles. The van der Waals surface area contributed by atoms with Crippen LogP contribution in [0.4, 0.5) is 10.2 Å². The molecule has 0 aliphatic rings. The highest BCUT2D eigenvalue weighted by atomic mass is 79.9. The molecule has 1 aromatic heterocycles. The molecule has 16 heavy (non-hydrogen) atoms. The number of ether oxygens (including phenoxy) is 1. The summed E-state index contributed by atoms with van der Waals surface area (Å²) in [5.74, 6) is -0.980. The van der Waals surface area contributed by atoms with Gasteiger partial charge in [0, 0.05) is 9.86 Å². The Balaban J connectivity index is 2.83. The van der Waals surface area contributed by atoms with Gasteiger partial charge in [-0.1, -0.05) is 15.9 Å². The van der Waals surface area contributed by atoms with Crippen molar-refractivity contribution in [3.05, 3.63) is 28.0 Å². The number of nitrogen functional groups attached to an aromatic ring is 1. The summed E-state index contributed by atoms with van der Waals surface area (Å²) in [6, 6.07) is 2.90. The Kier molecular flexibility index (Phi) is 2.59. The number of carbonyl (C=O) groups is 1. The van der Waals surface area contributed by atoms with E-state index in [4.69, 9.17) is 5.73 Å². The van der Waals surface area contributed by atoms with Gasteiger partial charge in [0.2, 0.25) is 0 Å². The molecule has 0 aliphatic heterocycles. The van der Waals surface area contributed by atoms with Crippen LogP contribution in [-0.2, 0) is 4.74 Å². The van der Waals surface area contributed by atoms with Gasteiger partial charge in [0.1, 0.15) is 17.2 Å². The molecule has 0 atom stereocenters. The first kappa shape index (κ1) is 10.9. The largest absolute Gasteiger partial charge is 0.465 e. The molecule has 0 saturated heterocycles. The molecule has 0 aliphatic carbocycles. The minimum atomic E-state index is -0.596. The van der Waals surface area contributed by atoms with E-state index in [1.54, 1.807) is 6.07 Å². The van der Waals surface area contributed by atoms with Gasteiger partial charge in [-0.2, -0.15) is 0 Å². The normalized spacial score (nSPS) is 10.7. The Hall–Kier alpha value is -1.56. The first-order chi connectivity index (χ1) is 7.54. The maximum absolute atomic E-state index is 13.5. The van der Waals surface area contributed by atoms with Crippen molar-refractivity contribution in [3.63, 3.8) is 0 Å². The number of H-pyrrole nitrogens is 1. The number of esters is 1. The summed E-state index contributed by atoms with van der Waals surface area (Å²) in [4.78, 5) is 14.1. The highest BCUT2D eigenvalue weighted by Gasteiger charge is 2.19. The van der Waals surface area contributed by atoms with Crippen LogP contribution in [0, 0.1) is 5.82 Å². The first-order valence-corrected chi connectivity index (χ1v) is 5.18. The van der Waals surface area contributed by atoms with E-state index in [9.17, 15) is 9.18 Å². The van der Waals surface area contributed by atoms with Crippen LogP contribution in [0.3, 0.4) is 0 Å². The third-order valence-corrected chi connectivity index (χ3v) is 2.70. The second-order valence-corrected chi connectivity index (χ2v) is 4.13. The molecule has 4 nitrogen and oxygen atoms in total. The van der Waals surface area contributed by atoms with E-state index < -0.39 is 11.8 Å². The van der Waals surface area contributed by atoms with Gasteiger partial charge in [-0.3, -0.25) is 0 Å². The summed E-state index contributed by atoms with van der Waals surface area (Å²) in [5.41, 5.74) is 5.96. The number of fused-ring (bicyclic) bond motifs is 1. The Morgan fingerprint density at radius 1 is 1.56 bits per heavy atom. The molecule has 2 rings (SSSR count). The van der Waals surface area contributed by atoms with Gasteiger partial charge in [-0.05, 0) is 12.1 Å². The second-order valence-electron chi connectivity index (χ2n) is 3.22. The lowest BCUT2D eigenvalue weighted by molar-refractivity contribution is 0.0604. The van der Waals surface area contributed by atoms with Gasteiger partial charge >= 0.3 is 5.97 Å². The van der Waals surface area contributed by atoms with Crippen LogP contribution in [0.2, 0.25) is 0 Å². The number of nitrogens with one attached hydrogen (secondary N) is 1. The highest BCUT2D eigenvalue weighted by molar-refractivity contribution is 9.10. The van der Waals surface area contributed by atoms with Gasteiger partial charge in [-0.15, -0.1) is 0 Å². The van der Waals surface area contributed by atoms with Crippen molar-refractivity contribution in [3.8, 4) is 0 Å². The van der Waals surface area contributed by atoms with Crippen molar-refractivity contribution in [1.82, 2.24) is 4.98 Å². The van der Waals surface area contributed by atoms with E-state index in [2.05, 4.69) is 25.7 Å². The summed E-state index contributed by atoms with van der Waals surface area (Å²) >= 11 is 3.15. The minimum absolute atomic E-state index is 0.0962. The number of hydrogen-bond acceptors (Lipinski definition) is 3. The number of anilines is 1. The molecule has 0 unspecified atom stereocenters. The molecular weight excluding hydrogens is 279 g/mol. The minimum Gasteiger partial charge on any atom is -0.465 e. The van der Waals surface area contributed by atoms with E-state index in [0.717, 1.165) is 0 Å². The zero-order chi connectivity index (χ0) is 11.9. The number of methoxy groups -OCH3 is 1. The Morgan fingerprint density at radius 3 is 2.88 bits per heavy atom. The van der Waals surface area contributed by atoms with E-state index in [1.807, 2.05) is 0 Å². The fourth-order valence-electron chi connectivity index (χ4n) is 1.56. The molecule has 3 N–H and O–H groups in total. The molecule has 0 fully saturated rings. The zero-order valence-corrected chi connectivity index (χ0v) is 9.89. The van der Waals surface area contributed by atoms with E-state index >= 15 is 0 Å². The maximum atomic E-state index is 13.5. The molecule has 6 heteroatoms. The average Bonchev–Trinajstić information content (AvgIpc) is 2.54. The fourth-order valence-corrected chi connectivity index (χ4v) is 1.99. The van der Waals surface area contributed by atoms with Crippen molar-refractivity contribution in [2.45, 2.75) is 0 Å². The van der Waals surface area contributed by atoms with Crippen molar-refractivity contribution >= 4 is 38.6 Å². The summed E-state index contributed by atoms with van der Waals surface area (Å²) in [6.07, 6.45) is 0. The predicted molar refractivity (Wildman–Crippen MR) is 61.7 cm³/mol. The third kappa shape index (κ3) is 1.55. The monoisotopic (exact) mass is 286 g/mol. The number of aromatic amines is 1. The molecular formula is C10H8BrFN2O2. The Labute approximate surface area is 98.7 Å². The molecule has 0 amide bonds. The van der Waals surface area contributed by atoms with Gasteiger partial charge in [0.05, 0.1) is 12.6 Å². The maximum Gasteiger partial charge on any atom is 0.342 e. The molecule has 0 spiro atoms. The van der Waals surface area contributed by atoms with Crippen LogP contribution in [0.25, 0.3) is 10.9 Å². The van der Waals surface area contributed by atoms with Crippen LogP contribution >= 0.6 is 15.9 Å². The fraction of sp³-hybridized carbons (Fsp3) is 0.100. The average molecular weight is 287 g/mol. The van der Waals surface area contributed by atoms with E-state index in [0.29, 0.717) is 9.86 Å². The first-order valence-electron chi connectivity index (χ1n) is 4.39. The molecule has 1 heterocycles. The Morgan fingerprint density at radius 2 is 2.25 bits per heavy atom. The summed E-state index contributed by atoms with van der Waals surface area (Å²) in [6.45, 7) is 0. The Bertz CT molecular complexity index is 580. The van der Waals surface area contributed by atoms with Gasteiger partial charge in [0.15, 0.2) is 0 Å². The van der Waals surface area contributed by atoms with E-state index in [1.165, 1.54) is 13.2 Å². The second kappa shape index (κ2) is 3.79. The number of halogens is 2. The van der Waals surface area contributed by atoms with Crippen molar-refractivity contribution in [1.29, 1.82) is 0 Å². The quantitative estimate of drug-likeness (QED) is 0.791. The van der Waals surface area contributed by atoms with Crippen molar-refractivity contribution in [2.24, 2.45) is 0 Å². The standard InChI is InChI=1S/C10H8BrFN2O2/c1-16-10(15)7-5-2-4(11)3-6(12)8(5)14-9(7)13/h2-3,14H,13H2,1H3. The molecule has 0 bridgehead atoms. The lowest BCUT2D eigenvalue weighted by Crippen LogP contribution is -2.03. The smallest absolute Gasteiger partial charge is 0.342 e. The van der Waals surface area contributed by atoms with Gasteiger partial charge in [-0.25, -0.2) is 9.18 Å². The number of nitrogens with two attached hydrogens (primary N) is 1. The van der Waals surface area contributed by atoms with Gasteiger partial charge < -0.3 is 15.5 Å². The molecule has 0 radical (unpaired) electrons. The number of carbonyl (C=O) groups excluding carboxylic acids is 1. The van der Waals surface area contributed by atoms with Crippen LogP contribution < -0.4 is 5.73 Å². The van der Waals surface area contributed by atoms with Crippen LogP contribution in [0.15, 0.2) is 16.6 Å². The third-order valence-electron chi connectivity index (χ3n) is 2.24. The highest BCUT2D eigenvalue weighted by Crippen LogP contribution is 2.29. The number of benzene rings is 1. The lowest BCUT2D eigenvalue weighted by atomic mass is 10.1. The summed E-state index contributed by atoms with van der Waals surface area (Å²) in [5, 5.41) is 0.399. The van der Waals surface area contributed by atoms with Crippen LogP contribution in [0.1, 0.15) is 10.4 Å². The topological polar surface area (TPSA) is 68.1 Å². The lowest BCUT2D eigenvalue weighted by Gasteiger charge is -1.99. The molecule has 0 saturated carbocycles. The van der Waals surface area contributed by atoms with E-state index in [-0.39, 0.29) is 16.9 Å². The molecule has 84 valence electrons. The predicted octanol–water partition coefficient (Wildman–Crippen LogP) is 2.44. The summed E-state index contributed by atoms with van der Waals surface area (Å²) < 4.78 is 18.7. The van der Waals surface area contributed by atoms with Crippen molar-refractivity contribution < 1.29 is 13.9 Å². The van der Waals surface area contributed by atoms with Crippen LogP contribution in [-0.4, -0.2) is 18.1 Å². The number of aromatic nitrogens is 1. The molecule has 2 aromatic rings.